The molecular weight excluding hydrogens is 262 g/mol. The van der Waals surface area contributed by atoms with Gasteiger partial charge in [-0.1, -0.05) is 0 Å². The van der Waals surface area contributed by atoms with Crippen molar-refractivity contribution in [2.24, 2.45) is 0 Å². The minimum atomic E-state index is -1.18. The Morgan fingerprint density at radius 1 is 1.50 bits per heavy atom. The number of hydrogen-bond acceptors (Lipinski definition) is 5. The van der Waals surface area contributed by atoms with E-state index >= 15 is 0 Å². The van der Waals surface area contributed by atoms with Gasteiger partial charge in [-0.2, -0.15) is 0 Å². The van der Waals surface area contributed by atoms with Gasteiger partial charge in [-0.15, -0.1) is 0 Å². The Morgan fingerprint density at radius 3 is 2.65 bits per heavy atom. The number of hydrogen-bond donors (Lipinski definition) is 2. The van der Waals surface area contributed by atoms with Crippen LogP contribution in [0, 0.1) is 10.1 Å². The number of rotatable bonds is 7. The zero-order valence-electron chi connectivity index (χ0n) is 11.8. The minimum absolute atomic E-state index is 0.0479. The van der Waals surface area contributed by atoms with Gasteiger partial charge in [-0.05, 0) is 46.1 Å². The molecule has 0 radical (unpaired) electrons. The number of carbonyl (C=O) groups is 1. The highest BCUT2D eigenvalue weighted by molar-refractivity contribution is 5.89. The summed E-state index contributed by atoms with van der Waals surface area (Å²) in [6.07, 6.45) is 0.824. The average molecular weight is 281 g/mol. The summed E-state index contributed by atoms with van der Waals surface area (Å²) in [5, 5.41) is 22.9. The Morgan fingerprint density at radius 2 is 2.15 bits per heavy atom. The predicted octanol–water partition coefficient (Wildman–Crippen LogP) is 2.05. The van der Waals surface area contributed by atoms with Gasteiger partial charge in [0.2, 0.25) is 0 Å². The van der Waals surface area contributed by atoms with Gasteiger partial charge >= 0.3 is 5.97 Å². The number of nitrogens with zero attached hydrogens (tertiary/aromatic N) is 2. The lowest BCUT2D eigenvalue weighted by Gasteiger charge is -2.17. The van der Waals surface area contributed by atoms with Crippen molar-refractivity contribution < 1.29 is 14.8 Å². The molecule has 1 atom stereocenters. The maximum atomic E-state index is 11.0. The van der Waals surface area contributed by atoms with Gasteiger partial charge in [0.15, 0.2) is 0 Å². The molecule has 0 saturated carbocycles. The average Bonchev–Trinajstić information content (AvgIpc) is 2.36. The molecular formula is C13H19N3O4. The summed E-state index contributed by atoms with van der Waals surface area (Å²) in [5.74, 6) is -1.18. The fraction of sp³-hybridized carbons (Fsp3) is 0.462. The Hall–Kier alpha value is -2.15. The lowest BCUT2D eigenvalue weighted by atomic mass is 10.1. The highest BCUT2D eigenvalue weighted by Gasteiger charge is 2.18. The summed E-state index contributed by atoms with van der Waals surface area (Å²) in [7, 11) is 3.91. The van der Waals surface area contributed by atoms with Gasteiger partial charge < -0.3 is 15.3 Å². The molecule has 1 rings (SSSR count). The van der Waals surface area contributed by atoms with E-state index < -0.39 is 10.9 Å². The van der Waals surface area contributed by atoms with Crippen LogP contribution in [0.15, 0.2) is 18.2 Å². The molecule has 0 aliphatic carbocycles. The molecule has 0 aliphatic rings. The summed E-state index contributed by atoms with van der Waals surface area (Å²) in [6.45, 7) is 2.79. The van der Waals surface area contributed by atoms with E-state index in [1.54, 1.807) is 0 Å². The van der Waals surface area contributed by atoms with Gasteiger partial charge in [0.25, 0.3) is 5.69 Å². The van der Waals surface area contributed by atoms with E-state index in [1.165, 1.54) is 12.1 Å². The van der Waals surface area contributed by atoms with E-state index in [0.717, 1.165) is 19.0 Å². The SMILES string of the molecule is CC(CCN(C)C)Nc1ccc(C(=O)O)cc1[N+](=O)[O-]. The zero-order chi connectivity index (χ0) is 15.3. The molecule has 1 aromatic rings. The van der Waals surface area contributed by atoms with Crippen LogP contribution < -0.4 is 5.32 Å². The van der Waals surface area contributed by atoms with Crippen LogP contribution in [0.3, 0.4) is 0 Å². The first-order chi connectivity index (χ1) is 9.31. The van der Waals surface area contributed by atoms with E-state index in [9.17, 15) is 14.9 Å². The first-order valence-electron chi connectivity index (χ1n) is 6.24. The Balaban J connectivity index is 2.89. The van der Waals surface area contributed by atoms with Gasteiger partial charge in [-0.25, -0.2) is 4.79 Å². The van der Waals surface area contributed by atoms with Crippen molar-refractivity contribution in [1.29, 1.82) is 0 Å². The largest absolute Gasteiger partial charge is 0.478 e. The summed E-state index contributed by atoms with van der Waals surface area (Å²) in [6, 6.07) is 3.92. The van der Waals surface area contributed by atoms with Gasteiger partial charge in [0, 0.05) is 12.1 Å². The van der Waals surface area contributed by atoms with Crippen molar-refractivity contribution in [1.82, 2.24) is 4.90 Å². The third-order valence-corrected chi connectivity index (χ3v) is 2.85. The molecule has 110 valence electrons. The lowest BCUT2D eigenvalue weighted by molar-refractivity contribution is -0.384. The number of nitro groups is 1. The number of nitro benzene ring substituents is 1. The van der Waals surface area contributed by atoms with Crippen LogP contribution in [-0.2, 0) is 0 Å². The van der Waals surface area contributed by atoms with Gasteiger partial charge in [0.1, 0.15) is 5.69 Å². The van der Waals surface area contributed by atoms with Crippen LogP contribution in [0.2, 0.25) is 0 Å². The standard InChI is InChI=1S/C13H19N3O4/c1-9(6-7-15(2)3)14-11-5-4-10(13(17)18)8-12(11)16(19)20/h4-5,8-9,14H,6-7H2,1-3H3,(H,17,18). The van der Waals surface area contributed by atoms with Crippen LogP contribution in [-0.4, -0.2) is 47.6 Å². The molecule has 0 fully saturated rings. The molecule has 0 aromatic heterocycles. The maximum absolute atomic E-state index is 11.0. The zero-order valence-corrected chi connectivity index (χ0v) is 11.8. The van der Waals surface area contributed by atoms with Crippen LogP contribution in [0.25, 0.3) is 0 Å². The van der Waals surface area contributed by atoms with E-state index in [4.69, 9.17) is 5.11 Å². The molecule has 0 spiro atoms. The Bertz CT molecular complexity index is 502. The molecule has 0 bridgehead atoms. The third-order valence-electron chi connectivity index (χ3n) is 2.85. The Labute approximate surface area is 117 Å². The smallest absolute Gasteiger partial charge is 0.335 e. The number of aromatic carboxylic acids is 1. The van der Waals surface area contributed by atoms with Gasteiger partial charge in [0.05, 0.1) is 10.5 Å². The number of nitrogens with one attached hydrogen (secondary N) is 1. The fourth-order valence-electron chi connectivity index (χ4n) is 1.73. The highest BCUT2D eigenvalue weighted by Crippen LogP contribution is 2.26. The molecule has 20 heavy (non-hydrogen) atoms. The third kappa shape index (κ3) is 4.51. The number of carboxylic acids is 1. The minimum Gasteiger partial charge on any atom is -0.478 e. The first kappa shape index (κ1) is 15.9. The number of carboxylic acid groups (broad SMARTS) is 1. The van der Waals surface area contributed by atoms with E-state index in [1.807, 2.05) is 25.9 Å². The quantitative estimate of drug-likeness (QED) is 0.586. The second-order valence-corrected chi connectivity index (χ2v) is 4.93. The molecule has 7 nitrogen and oxygen atoms in total. The van der Waals surface area contributed by atoms with Crippen molar-refractivity contribution in [2.75, 3.05) is 26.0 Å². The predicted molar refractivity (Wildman–Crippen MR) is 76.3 cm³/mol. The molecule has 7 heteroatoms. The Kier molecular flexibility index (Phi) is 5.45. The monoisotopic (exact) mass is 281 g/mol. The highest BCUT2D eigenvalue weighted by atomic mass is 16.6. The van der Waals surface area contributed by atoms with E-state index in [-0.39, 0.29) is 17.3 Å². The van der Waals surface area contributed by atoms with Crippen LogP contribution in [0.1, 0.15) is 23.7 Å². The van der Waals surface area contributed by atoms with E-state index in [2.05, 4.69) is 5.32 Å². The second-order valence-electron chi connectivity index (χ2n) is 4.93. The molecule has 0 aliphatic heterocycles. The van der Waals surface area contributed by atoms with E-state index in [0.29, 0.717) is 5.69 Å². The summed E-state index contributed by atoms with van der Waals surface area (Å²) >= 11 is 0. The first-order valence-corrected chi connectivity index (χ1v) is 6.24. The molecule has 1 unspecified atom stereocenters. The summed E-state index contributed by atoms with van der Waals surface area (Å²) in [5.41, 5.74) is 0.0241. The fourth-order valence-corrected chi connectivity index (χ4v) is 1.73. The van der Waals surface area contributed by atoms with Crippen LogP contribution >= 0.6 is 0 Å². The lowest BCUT2D eigenvalue weighted by Crippen LogP contribution is -2.23. The summed E-state index contributed by atoms with van der Waals surface area (Å²) < 4.78 is 0. The van der Waals surface area contributed by atoms with Crippen molar-refractivity contribution in [2.45, 2.75) is 19.4 Å². The molecule has 2 N–H and O–H groups in total. The molecule has 1 aromatic carbocycles. The normalized spacial score (nSPS) is 12.2. The topological polar surface area (TPSA) is 95.7 Å². The van der Waals surface area contributed by atoms with Crippen molar-refractivity contribution in [3.05, 3.63) is 33.9 Å². The van der Waals surface area contributed by atoms with Gasteiger partial charge in [-0.3, -0.25) is 10.1 Å². The van der Waals surface area contributed by atoms with Crippen molar-refractivity contribution >= 4 is 17.3 Å². The summed E-state index contributed by atoms with van der Waals surface area (Å²) in [4.78, 5) is 23.3. The van der Waals surface area contributed by atoms with Crippen LogP contribution in [0.4, 0.5) is 11.4 Å². The second kappa shape index (κ2) is 6.85. The van der Waals surface area contributed by atoms with Crippen LogP contribution in [0.5, 0.6) is 0 Å². The van der Waals surface area contributed by atoms with Crippen molar-refractivity contribution in [3.8, 4) is 0 Å². The number of anilines is 1. The molecule has 0 amide bonds. The number of benzene rings is 1. The van der Waals surface area contributed by atoms with Crippen molar-refractivity contribution in [3.63, 3.8) is 0 Å². The molecule has 0 heterocycles. The molecule has 0 saturated heterocycles. The maximum Gasteiger partial charge on any atom is 0.335 e.